The number of hydrogen-bond acceptors (Lipinski definition) is 6. The third kappa shape index (κ3) is 4.88. The summed E-state index contributed by atoms with van der Waals surface area (Å²) in [6.07, 6.45) is 1.07. The zero-order valence-electron chi connectivity index (χ0n) is 17.5. The molecule has 31 heavy (non-hydrogen) atoms. The van der Waals surface area contributed by atoms with Crippen molar-refractivity contribution in [2.24, 2.45) is 5.92 Å². The number of carbonyl (C=O) groups excluding carboxylic acids is 1. The van der Waals surface area contributed by atoms with Crippen molar-refractivity contribution >= 4 is 39.9 Å². The number of nitrogens with one attached hydrogen (secondary N) is 1. The first-order chi connectivity index (χ1) is 15.0. The van der Waals surface area contributed by atoms with Crippen LogP contribution >= 0.6 is 24.0 Å². The van der Waals surface area contributed by atoms with Gasteiger partial charge in [-0.05, 0) is 18.4 Å². The molecule has 2 aliphatic rings. The molecule has 0 spiro atoms. The molecular formula is C22H25N3O4S2. The highest BCUT2D eigenvalue weighted by atomic mass is 32.2. The van der Waals surface area contributed by atoms with Gasteiger partial charge in [0.15, 0.2) is 0 Å². The number of pyridine rings is 1. The van der Waals surface area contributed by atoms with Gasteiger partial charge < -0.3 is 24.3 Å². The Bertz CT molecular complexity index is 1030. The van der Waals surface area contributed by atoms with Crippen molar-refractivity contribution in [2.75, 3.05) is 38.4 Å². The van der Waals surface area contributed by atoms with Crippen LogP contribution in [0.1, 0.15) is 18.0 Å². The number of benzene rings is 1. The standard InChI is InChI=1S/C22H25N3O4S2/c1-28-17-7-16(8-18(9-17)29-2)23-20(26)13-31-22(30)24-10-14-6-15(12-24)19-4-3-5-21(27)25(19)11-14/h3-5,7-9,14-15H,6,10-13H2,1-2H3,(H,23,26)/t14-,15+/m0/s1. The number of ether oxygens (including phenoxy) is 2. The fourth-order valence-corrected chi connectivity index (χ4v) is 5.33. The van der Waals surface area contributed by atoms with Crippen LogP contribution in [-0.2, 0) is 11.3 Å². The van der Waals surface area contributed by atoms with E-state index in [1.807, 2.05) is 16.7 Å². The van der Waals surface area contributed by atoms with E-state index in [-0.39, 0.29) is 23.1 Å². The first kappa shape index (κ1) is 21.7. The van der Waals surface area contributed by atoms with E-state index in [1.54, 1.807) is 38.5 Å². The molecule has 1 fully saturated rings. The zero-order chi connectivity index (χ0) is 22.0. The van der Waals surface area contributed by atoms with Crippen LogP contribution in [0, 0.1) is 5.92 Å². The summed E-state index contributed by atoms with van der Waals surface area (Å²) in [4.78, 5) is 26.8. The number of nitrogens with zero attached hydrogens (tertiary/aromatic N) is 2. The summed E-state index contributed by atoms with van der Waals surface area (Å²) in [6.45, 7) is 2.33. The first-order valence-electron chi connectivity index (χ1n) is 10.1. The van der Waals surface area contributed by atoms with Gasteiger partial charge in [0, 0.05) is 61.2 Å². The predicted molar refractivity (Wildman–Crippen MR) is 126 cm³/mol. The molecule has 1 aromatic carbocycles. The number of methoxy groups -OCH3 is 2. The van der Waals surface area contributed by atoms with Gasteiger partial charge in [0.25, 0.3) is 5.56 Å². The highest BCUT2D eigenvalue weighted by Gasteiger charge is 2.35. The van der Waals surface area contributed by atoms with E-state index in [0.29, 0.717) is 23.1 Å². The molecule has 0 radical (unpaired) electrons. The lowest BCUT2D eigenvalue weighted by atomic mass is 9.83. The molecule has 2 bridgehead atoms. The normalized spacial score (nSPS) is 19.4. The third-order valence-electron chi connectivity index (χ3n) is 5.70. The van der Waals surface area contributed by atoms with Crippen molar-refractivity contribution in [2.45, 2.75) is 18.9 Å². The minimum absolute atomic E-state index is 0.0726. The molecule has 1 amide bonds. The van der Waals surface area contributed by atoms with Gasteiger partial charge in [-0.1, -0.05) is 30.0 Å². The number of hydrogen-bond donors (Lipinski definition) is 1. The van der Waals surface area contributed by atoms with Crippen molar-refractivity contribution in [1.29, 1.82) is 0 Å². The van der Waals surface area contributed by atoms with E-state index in [4.69, 9.17) is 21.7 Å². The molecule has 2 atom stereocenters. The lowest BCUT2D eigenvalue weighted by molar-refractivity contribution is -0.113. The lowest BCUT2D eigenvalue weighted by Crippen LogP contribution is -2.48. The topological polar surface area (TPSA) is 72.8 Å². The molecule has 2 aliphatic heterocycles. The zero-order valence-corrected chi connectivity index (χ0v) is 19.1. The van der Waals surface area contributed by atoms with E-state index in [1.165, 1.54) is 11.8 Å². The number of piperidine rings is 1. The summed E-state index contributed by atoms with van der Waals surface area (Å²) >= 11 is 7.01. The summed E-state index contributed by atoms with van der Waals surface area (Å²) < 4.78 is 13.1. The Kier molecular flexibility index (Phi) is 6.52. The minimum atomic E-state index is -0.142. The molecule has 7 nitrogen and oxygen atoms in total. The fourth-order valence-electron chi connectivity index (χ4n) is 4.34. The minimum Gasteiger partial charge on any atom is -0.497 e. The van der Waals surface area contributed by atoms with Crippen molar-refractivity contribution in [3.8, 4) is 11.5 Å². The molecule has 3 heterocycles. The van der Waals surface area contributed by atoms with Gasteiger partial charge in [0.05, 0.1) is 20.0 Å². The van der Waals surface area contributed by atoms with Crippen molar-refractivity contribution in [3.05, 3.63) is 52.4 Å². The van der Waals surface area contributed by atoms with Crippen LogP contribution in [0.4, 0.5) is 5.69 Å². The lowest BCUT2D eigenvalue weighted by Gasteiger charge is -2.43. The number of carbonyl (C=O) groups is 1. The molecule has 0 saturated carbocycles. The number of rotatable bonds is 5. The number of amides is 1. The molecule has 9 heteroatoms. The molecular weight excluding hydrogens is 434 g/mol. The summed E-state index contributed by atoms with van der Waals surface area (Å²) in [5.41, 5.74) is 1.77. The number of likely N-dealkylation sites (tertiary alicyclic amines) is 1. The number of fused-ring (bicyclic) bond motifs is 4. The average Bonchev–Trinajstić information content (AvgIpc) is 2.77. The predicted octanol–water partition coefficient (Wildman–Crippen LogP) is 2.94. The van der Waals surface area contributed by atoms with E-state index in [0.717, 1.165) is 36.1 Å². The van der Waals surface area contributed by atoms with Crippen molar-refractivity contribution in [3.63, 3.8) is 0 Å². The number of thioether (sulfide) groups is 1. The van der Waals surface area contributed by atoms with Crippen LogP contribution in [-0.4, -0.2) is 52.8 Å². The van der Waals surface area contributed by atoms with E-state index >= 15 is 0 Å². The Labute approximate surface area is 190 Å². The van der Waals surface area contributed by atoms with Gasteiger partial charge in [-0.15, -0.1) is 0 Å². The second kappa shape index (κ2) is 9.32. The number of anilines is 1. The Balaban J connectivity index is 1.34. The largest absolute Gasteiger partial charge is 0.497 e. The maximum absolute atomic E-state index is 12.5. The SMILES string of the molecule is COc1cc(NC(=O)CSC(=S)N2C[C@@H]3C[C@H](C2)c2cccc(=O)n2C3)cc(OC)c1. The van der Waals surface area contributed by atoms with Crippen LogP contribution in [0.15, 0.2) is 41.2 Å². The fraction of sp³-hybridized carbons (Fsp3) is 0.409. The summed E-state index contributed by atoms with van der Waals surface area (Å²) in [6, 6.07) is 10.7. The van der Waals surface area contributed by atoms with E-state index < -0.39 is 0 Å². The Morgan fingerprint density at radius 3 is 2.61 bits per heavy atom. The Morgan fingerprint density at radius 1 is 1.16 bits per heavy atom. The highest BCUT2D eigenvalue weighted by molar-refractivity contribution is 8.23. The Hall–Kier alpha value is -2.52. The number of aromatic nitrogens is 1. The second-order valence-corrected chi connectivity index (χ2v) is 9.42. The van der Waals surface area contributed by atoms with Gasteiger partial charge >= 0.3 is 0 Å². The van der Waals surface area contributed by atoms with Gasteiger partial charge in [0.2, 0.25) is 5.91 Å². The van der Waals surface area contributed by atoms with Crippen LogP contribution in [0.25, 0.3) is 0 Å². The van der Waals surface area contributed by atoms with Gasteiger partial charge in [-0.3, -0.25) is 9.59 Å². The first-order valence-corrected chi connectivity index (χ1v) is 11.5. The highest BCUT2D eigenvalue weighted by Crippen LogP contribution is 2.36. The molecule has 1 saturated heterocycles. The molecule has 1 aromatic heterocycles. The van der Waals surface area contributed by atoms with Crippen LogP contribution < -0.4 is 20.3 Å². The maximum Gasteiger partial charge on any atom is 0.250 e. The van der Waals surface area contributed by atoms with Crippen molar-refractivity contribution in [1.82, 2.24) is 9.47 Å². The number of thiocarbonyl (C=S) groups is 1. The Morgan fingerprint density at radius 2 is 1.90 bits per heavy atom. The van der Waals surface area contributed by atoms with Crippen LogP contribution in [0.2, 0.25) is 0 Å². The third-order valence-corrected chi connectivity index (χ3v) is 7.22. The second-order valence-electron chi connectivity index (χ2n) is 7.81. The maximum atomic E-state index is 12.5. The van der Waals surface area contributed by atoms with E-state index in [2.05, 4.69) is 10.2 Å². The smallest absolute Gasteiger partial charge is 0.250 e. The molecule has 0 aliphatic carbocycles. The summed E-state index contributed by atoms with van der Waals surface area (Å²) in [5.74, 6) is 1.98. The molecule has 2 aromatic rings. The van der Waals surface area contributed by atoms with Gasteiger partial charge in [0.1, 0.15) is 15.8 Å². The molecule has 1 N–H and O–H groups in total. The summed E-state index contributed by atoms with van der Waals surface area (Å²) in [5, 5.41) is 2.87. The summed E-state index contributed by atoms with van der Waals surface area (Å²) in [7, 11) is 3.13. The van der Waals surface area contributed by atoms with Crippen LogP contribution in [0.3, 0.4) is 0 Å². The van der Waals surface area contributed by atoms with Gasteiger partial charge in [-0.25, -0.2) is 0 Å². The monoisotopic (exact) mass is 459 g/mol. The molecule has 4 rings (SSSR count). The van der Waals surface area contributed by atoms with Crippen LogP contribution in [0.5, 0.6) is 11.5 Å². The quantitative estimate of drug-likeness (QED) is 0.689. The average molecular weight is 460 g/mol. The van der Waals surface area contributed by atoms with E-state index in [9.17, 15) is 9.59 Å². The van der Waals surface area contributed by atoms with Gasteiger partial charge in [-0.2, -0.15) is 0 Å². The molecule has 164 valence electrons. The molecule has 0 unspecified atom stereocenters. The van der Waals surface area contributed by atoms with Crippen molar-refractivity contribution < 1.29 is 14.3 Å².